The number of methoxy groups -OCH3 is 1. The number of nitrogens with zero attached hydrogens (tertiary/aromatic N) is 3. The Balaban J connectivity index is 1.45. The lowest BCUT2D eigenvalue weighted by Crippen LogP contribution is -2.32. The Bertz CT molecular complexity index is 1570. The first-order valence-corrected chi connectivity index (χ1v) is 13.9. The van der Waals surface area contributed by atoms with Crippen molar-refractivity contribution < 1.29 is 14.3 Å². The number of rotatable bonds is 8. The smallest absolute Gasteiger partial charge is 0.337 e. The van der Waals surface area contributed by atoms with Crippen molar-refractivity contribution in [2.45, 2.75) is 39.3 Å². The Morgan fingerprint density at radius 3 is 2.41 bits per heavy atom. The number of aromatic nitrogens is 2. The molecule has 1 saturated heterocycles. The molecule has 2 N–H and O–H groups in total. The summed E-state index contributed by atoms with van der Waals surface area (Å²) in [6.45, 7) is 6.59. The second-order valence-electron chi connectivity index (χ2n) is 10.2. The van der Waals surface area contributed by atoms with Gasteiger partial charge in [-0.1, -0.05) is 23.8 Å². The Kier molecular flexibility index (Phi) is 8.16. The van der Waals surface area contributed by atoms with Crippen LogP contribution in [-0.2, 0) is 9.53 Å². The fraction of sp³-hybridized carbons (Fsp3) is 0.250. The molecule has 0 radical (unpaired) electrons. The summed E-state index contributed by atoms with van der Waals surface area (Å²) in [4.78, 5) is 31.6. The Morgan fingerprint density at radius 1 is 1.02 bits per heavy atom. The van der Waals surface area contributed by atoms with Crippen LogP contribution in [-0.4, -0.2) is 45.1 Å². The SMILES string of the molecule is COC(=O)c1ccc(-n2c(C)cc([C@H]3[C@@H](c4ccccn4)NC(=S)N3CCC(=O)Nc3ccc(C)cc3)c2C)cc1. The standard InChI is InChI=1S/C32H33N5O3S/c1-20-8-12-24(13-9-20)34-28(38)16-18-36-30(29(35-32(36)41)27-7-5-6-17-33-27)26-19-21(2)37(22(26)3)25-14-10-23(11-15-25)31(39)40-4/h5-15,17,19,29-30H,16,18H2,1-4H3,(H,34,38)(H,35,41)/t29-,30+/m1/s1. The number of esters is 1. The maximum absolute atomic E-state index is 12.9. The van der Waals surface area contributed by atoms with Crippen molar-refractivity contribution in [2.24, 2.45) is 0 Å². The highest BCUT2D eigenvalue weighted by Gasteiger charge is 2.41. The Morgan fingerprint density at radius 2 is 1.76 bits per heavy atom. The van der Waals surface area contributed by atoms with E-state index in [1.807, 2.05) is 61.5 Å². The van der Waals surface area contributed by atoms with Gasteiger partial charge in [-0.25, -0.2) is 4.79 Å². The predicted molar refractivity (Wildman–Crippen MR) is 163 cm³/mol. The summed E-state index contributed by atoms with van der Waals surface area (Å²) in [6, 6.07) is 22.8. The van der Waals surface area contributed by atoms with E-state index in [1.54, 1.807) is 18.3 Å². The van der Waals surface area contributed by atoms with Crippen LogP contribution in [0.3, 0.4) is 0 Å². The molecule has 1 fully saturated rings. The van der Waals surface area contributed by atoms with Gasteiger partial charge in [-0.05, 0) is 93.1 Å². The van der Waals surface area contributed by atoms with Crippen molar-refractivity contribution in [1.82, 2.24) is 19.8 Å². The molecule has 9 heteroatoms. The molecule has 2 aromatic heterocycles. The van der Waals surface area contributed by atoms with E-state index in [4.69, 9.17) is 17.0 Å². The number of carbonyl (C=O) groups excluding carboxylic acids is 2. The molecule has 2 aromatic carbocycles. The van der Waals surface area contributed by atoms with Gasteiger partial charge < -0.3 is 24.8 Å². The summed E-state index contributed by atoms with van der Waals surface area (Å²) in [5.74, 6) is -0.447. The van der Waals surface area contributed by atoms with Crippen molar-refractivity contribution in [2.75, 3.05) is 19.0 Å². The lowest BCUT2D eigenvalue weighted by molar-refractivity contribution is -0.116. The zero-order valence-electron chi connectivity index (χ0n) is 23.5. The molecular weight excluding hydrogens is 534 g/mol. The molecule has 1 amide bonds. The number of nitrogens with one attached hydrogen (secondary N) is 2. The molecule has 1 aliphatic rings. The summed E-state index contributed by atoms with van der Waals surface area (Å²) in [5.41, 5.74) is 7.38. The van der Waals surface area contributed by atoms with Gasteiger partial charge in [0, 0.05) is 41.9 Å². The Labute approximate surface area is 245 Å². The lowest BCUT2D eigenvalue weighted by atomic mass is 9.96. The van der Waals surface area contributed by atoms with E-state index in [0.717, 1.165) is 39.6 Å². The zero-order valence-corrected chi connectivity index (χ0v) is 24.4. The van der Waals surface area contributed by atoms with Gasteiger partial charge in [0.2, 0.25) is 5.91 Å². The van der Waals surface area contributed by atoms with Gasteiger partial charge in [0.15, 0.2) is 5.11 Å². The number of benzene rings is 2. The Hall–Kier alpha value is -4.50. The highest BCUT2D eigenvalue weighted by atomic mass is 32.1. The second kappa shape index (κ2) is 11.9. The minimum Gasteiger partial charge on any atom is -0.465 e. The molecule has 4 aromatic rings. The molecule has 5 rings (SSSR count). The normalized spacial score (nSPS) is 16.4. The van der Waals surface area contributed by atoms with Gasteiger partial charge in [-0.2, -0.15) is 0 Å². The average molecular weight is 568 g/mol. The third-order valence-corrected chi connectivity index (χ3v) is 7.80. The van der Waals surface area contributed by atoms with E-state index < -0.39 is 0 Å². The zero-order chi connectivity index (χ0) is 29.1. The van der Waals surface area contributed by atoms with Crippen LogP contribution in [0.25, 0.3) is 5.69 Å². The van der Waals surface area contributed by atoms with Crippen LogP contribution in [0.15, 0.2) is 79.0 Å². The van der Waals surface area contributed by atoms with Gasteiger partial charge >= 0.3 is 5.97 Å². The summed E-state index contributed by atoms with van der Waals surface area (Å²) in [6.07, 6.45) is 2.05. The summed E-state index contributed by atoms with van der Waals surface area (Å²) >= 11 is 5.82. The van der Waals surface area contributed by atoms with Crippen LogP contribution in [0.2, 0.25) is 0 Å². The molecule has 0 bridgehead atoms. The maximum atomic E-state index is 12.9. The minimum absolute atomic E-state index is 0.0761. The maximum Gasteiger partial charge on any atom is 0.337 e. The summed E-state index contributed by atoms with van der Waals surface area (Å²) < 4.78 is 7.01. The highest BCUT2D eigenvalue weighted by Crippen LogP contribution is 2.41. The minimum atomic E-state index is -0.371. The van der Waals surface area contributed by atoms with Crippen LogP contribution in [0.4, 0.5) is 5.69 Å². The van der Waals surface area contributed by atoms with Crippen LogP contribution in [0.5, 0.6) is 0 Å². The molecule has 0 aliphatic carbocycles. The fourth-order valence-electron chi connectivity index (χ4n) is 5.42. The molecule has 0 spiro atoms. The average Bonchev–Trinajstić information content (AvgIpc) is 3.47. The molecule has 1 aliphatic heterocycles. The number of anilines is 1. The summed E-state index contributed by atoms with van der Waals surface area (Å²) in [7, 11) is 1.37. The van der Waals surface area contributed by atoms with E-state index in [1.165, 1.54) is 7.11 Å². The van der Waals surface area contributed by atoms with Gasteiger partial charge in [0.05, 0.1) is 30.5 Å². The van der Waals surface area contributed by atoms with Crippen molar-refractivity contribution in [3.05, 3.63) is 113 Å². The van der Waals surface area contributed by atoms with E-state index in [0.29, 0.717) is 17.2 Å². The van der Waals surface area contributed by atoms with Crippen LogP contribution < -0.4 is 10.6 Å². The molecule has 0 unspecified atom stereocenters. The number of ether oxygens (including phenoxy) is 1. The van der Waals surface area contributed by atoms with E-state index in [-0.39, 0.29) is 30.4 Å². The number of aryl methyl sites for hydroxylation is 2. The monoisotopic (exact) mass is 567 g/mol. The van der Waals surface area contributed by atoms with Crippen molar-refractivity contribution in [3.8, 4) is 5.69 Å². The third kappa shape index (κ3) is 5.85. The first-order valence-electron chi connectivity index (χ1n) is 13.5. The molecule has 210 valence electrons. The molecular formula is C32H33N5O3S. The number of amides is 1. The lowest BCUT2D eigenvalue weighted by Gasteiger charge is -2.28. The van der Waals surface area contributed by atoms with Crippen LogP contribution >= 0.6 is 12.2 Å². The van der Waals surface area contributed by atoms with Gasteiger partial charge in [-0.15, -0.1) is 0 Å². The molecule has 3 heterocycles. The summed E-state index contributed by atoms with van der Waals surface area (Å²) in [5, 5.41) is 7.05. The van der Waals surface area contributed by atoms with E-state index >= 15 is 0 Å². The number of carbonyl (C=O) groups is 2. The van der Waals surface area contributed by atoms with Crippen molar-refractivity contribution >= 4 is 34.9 Å². The first-order chi connectivity index (χ1) is 19.8. The van der Waals surface area contributed by atoms with Crippen molar-refractivity contribution in [3.63, 3.8) is 0 Å². The highest BCUT2D eigenvalue weighted by molar-refractivity contribution is 7.80. The largest absolute Gasteiger partial charge is 0.465 e. The van der Waals surface area contributed by atoms with E-state index in [2.05, 4.69) is 45.0 Å². The molecule has 8 nitrogen and oxygen atoms in total. The number of hydrogen-bond acceptors (Lipinski definition) is 5. The predicted octanol–water partition coefficient (Wildman–Crippen LogP) is 5.59. The first kappa shape index (κ1) is 28.0. The fourth-order valence-corrected chi connectivity index (χ4v) is 5.75. The van der Waals surface area contributed by atoms with Gasteiger partial charge in [0.1, 0.15) is 0 Å². The topological polar surface area (TPSA) is 88.5 Å². The number of hydrogen-bond donors (Lipinski definition) is 2. The third-order valence-electron chi connectivity index (χ3n) is 7.45. The molecule has 2 atom stereocenters. The van der Waals surface area contributed by atoms with Crippen LogP contribution in [0, 0.1) is 20.8 Å². The van der Waals surface area contributed by atoms with Gasteiger partial charge in [0.25, 0.3) is 0 Å². The number of thiocarbonyl (C=S) groups is 1. The van der Waals surface area contributed by atoms with Crippen molar-refractivity contribution in [1.29, 1.82) is 0 Å². The van der Waals surface area contributed by atoms with Gasteiger partial charge in [-0.3, -0.25) is 9.78 Å². The molecule has 0 saturated carbocycles. The van der Waals surface area contributed by atoms with E-state index in [9.17, 15) is 9.59 Å². The van der Waals surface area contributed by atoms with Crippen LogP contribution in [0.1, 0.15) is 57.1 Å². The quantitative estimate of drug-likeness (QED) is 0.212. The molecule has 41 heavy (non-hydrogen) atoms. The number of pyridine rings is 1. The second-order valence-corrected chi connectivity index (χ2v) is 10.6.